The van der Waals surface area contributed by atoms with E-state index in [2.05, 4.69) is 0 Å². The average molecular weight is 401 g/mol. The van der Waals surface area contributed by atoms with Gasteiger partial charge in [-0.3, -0.25) is 14.5 Å². The minimum absolute atomic E-state index is 0.154. The van der Waals surface area contributed by atoms with E-state index in [4.69, 9.17) is 9.47 Å². The van der Waals surface area contributed by atoms with Gasteiger partial charge in [-0.1, -0.05) is 42.5 Å². The predicted octanol–water partition coefficient (Wildman–Crippen LogP) is 3.51. The van der Waals surface area contributed by atoms with Gasteiger partial charge in [-0.2, -0.15) is 0 Å². The summed E-state index contributed by atoms with van der Waals surface area (Å²) in [5.41, 5.74) is 1.39. The number of methoxy groups -OCH3 is 1. The van der Waals surface area contributed by atoms with Crippen molar-refractivity contribution in [2.75, 3.05) is 7.11 Å². The summed E-state index contributed by atoms with van der Waals surface area (Å²) in [5, 5.41) is 0. The maximum atomic E-state index is 13.1. The van der Waals surface area contributed by atoms with Gasteiger partial charge in [0.2, 0.25) is 0 Å². The molecule has 1 aliphatic rings. The van der Waals surface area contributed by atoms with Crippen LogP contribution in [-0.2, 0) is 11.2 Å². The smallest absolute Gasteiger partial charge is 0.335 e. The van der Waals surface area contributed by atoms with Gasteiger partial charge >= 0.3 is 5.97 Å². The third-order valence-electron chi connectivity index (χ3n) is 4.96. The number of hydrogen-bond acceptors (Lipinski definition) is 5. The van der Waals surface area contributed by atoms with E-state index in [1.807, 2.05) is 30.3 Å². The van der Waals surface area contributed by atoms with Crippen LogP contribution in [0, 0.1) is 0 Å². The topological polar surface area (TPSA) is 72.9 Å². The highest BCUT2D eigenvalue weighted by atomic mass is 16.5. The Labute approximate surface area is 173 Å². The third kappa shape index (κ3) is 3.67. The largest absolute Gasteiger partial charge is 0.497 e. The van der Waals surface area contributed by atoms with Crippen molar-refractivity contribution in [3.63, 3.8) is 0 Å². The molecule has 0 fully saturated rings. The van der Waals surface area contributed by atoms with Gasteiger partial charge in [0.15, 0.2) is 0 Å². The Bertz CT molecular complexity index is 1060. The molecule has 0 N–H and O–H groups in total. The molecular weight excluding hydrogens is 382 g/mol. The highest BCUT2D eigenvalue weighted by Crippen LogP contribution is 2.27. The zero-order valence-corrected chi connectivity index (χ0v) is 16.3. The molecule has 6 nitrogen and oxygen atoms in total. The molecule has 0 unspecified atom stereocenters. The molecule has 4 rings (SSSR count). The number of carbonyl (C=O) groups is 3. The molecule has 0 bridgehead atoms. The Morgan fingerprint density at radius 1 is 0.800 bits per heavy atom. The Morgan fingerprint density at radius 3 is 1.90 bits per heavy atom. The number of rotatable bonds is 6. The molecule has 0 radical (unpaired) electrons. The van der Waals surface area contributed by atoms with Crippen molar-refractivity contribution >= 4 is 17.8 Å². The van der Waals surface area contributed by atoms with Gasteiger partial charge in [-0.15, -0.1) is 0 Å². The van der Waals surface area contributed by atoms with Crippen molar-refractivity contribution < 1.29 is 23.9 Å². The average Bonchev–Trinajstić information content (AvgIpc) is 3.03. The summed E-state index contributed by atoms with van der Waals surface area (Å²) < 4.78 is 10.6. The molecule has 2 amide bonds. The summed E-state index contributed by atoms with van der Waals surface area (Å²) in [6, 6.07) is 21.2. The lowest BCUT2D eigenvalue weighted by Crippen LogP contribution is -2.48. The number of carbonyl (C=O) groups excluding carboxylic acids is 3. The van der Waals surface area contributed by atoms with Gasteiger partial charge < -0.3 is 9.47 Å². The number of esters is 1. The zero-order chi connectivity index (χ0) is 21.1. The first-order chi connectivity index (χ1) is 14.6. The first-order valence-electron chi connectivity index (χ1n) is 9.45. The molecule has 0 saturated carbocycles. The molecule has 1 heterocycles. The summed E-state index contributed by atoms with van der Waals surface area (Å²) in [7, 11) is 1.54. The number of amides is 2. The van der Waals surface area contributed by atoms with Crippen molar-refractivity contribution in [2.24, 2.45) is 0 Å². The highest BCUT2D eigenvalue weighted by Gasteiger charge is 2.43. The first kappa shape index (κ1) is 19.4. The van der Waals surface area contributed by atoms with Gasteiger partial charge in [0.05, 0.1) is 18.2 Å². The minimum atomic E-state index is -1.10. The lowest BCUT2D eigenvalue weighted by Gasteiger charge is -2.24. The number of imide groups is 1. The molecule has 30 heavy (non-hydrogen) atoms. The fourth-order valence-corrected chi connectivity index (χ4v) is 3.44. The third-order valence-corrected chi connectivity index (χ3v) is 4.96. The number of fused-ring (bicyclic) bond motifs is 1. The molecule has 6 heteroatoms. The predicted molar refractivity (Wildman–Crippen MR) is 110 cm³/mol. The van der Waals surface area contributed by atoms with Gasteiger partial charge in [-0.05, 0) is 42.0 Å². The maximum Gasteiger partial charge on any atom is 0.335 e. The Kier molecular flexibility index (Phi) is 5.30. The highest BCUT2D eigenvalue weighted by molar-refractivity contribution is 6.22. The van der Waals surface area contributed by atoms with Crippen LogP contribution in [0.15, 0.2) is 78.9 Å². The quantitative estimate of drug-likeness (QED) is 0.359. The van der Waals surface area contributed by atoms with Crippen LogP contribution in [0.4, 0.5) is 0 Å². The fourth-order valence-electron chi connectivity index (χ4n) is 3.44. The van der Waals surface area contributed by atoms with E-state index in [9.17, 15) is 14.4 Å². The molecule has 3 aromatic rings. The molecule has 150 valence electrons. The molecular formula is C24H19NO5. The monoisotopic (exact) mass is 401 g/mol. The van der Waals surface area contributed by atoms with Gasteiger partial charge in [0, 0.05) is 6.42 Å². The number of ether oxygens (including phenoxy) is 2. The van der Waals surface area contributed by atoms with Crippen LogP contribution < -0.4 is 9.47 Å². The molecule has 3 aromatic carbocycles. The van der Waals surface area contributed by atoms with E-state index >= 15 is 0 Å². The Balaban J connectivity index is 1.65. The summed E-state index contributed by atoms with van der Waals surface area (Å²) in [6.45, 7) is 0. The molecule has 0 aliphatic carbocycles. The molecule has 1 atom stereocenters. The van der Waals surface area contributed by atoms with E-state index in [1.54, 1.807) is 55.6 Å². The minimum Gasteiger partial charge on any atom is -0.497 e. The lowest BCUT2D eigenvalue weighted by atomic mass is 10.0. The van der Waals surface area contributed by atoms with Crippen molar-refractivity contribution in [2.45, 2.75) is 12.5 Å². The van der Waals surface area contributed by atoms with Gasteiger partial charge in [0.25, 0.3) is 11.8 Å². The van der Waals surface area contributed by atoms with E-state index in [-0.39, 0.29) is 17.5 Å². The Morgan fingerprint density at radius 2 is 1.33 bits per heavy atom. The van der Waals surface area contributed by atoms with Crippen molar-refractivity contribution in [3.05, 3.63) is 95.6 Å². The number of benzene rings is 3. The lowest BCUT2D eigenvalue weighted by molar-refractivity contribution is -0.138. The van der Waals surface area contributed by atoms with Crippen LogP contribution in [0.3, 0.4) is 0 Å². The second kappa shape index (κ2) is 8.21. The van der Waals surface area contributed by atoms with E-state index in [1.165, 1.54) is 0 Å². The second-order valence-electron chi connectivity index (χ2n) is 6.83. The SMILES string of the molecule is COc1ccc(OC(=O)[C@H](Cc2ccccc2)N2C(=O)c3ccccc3C2=O)cc1. The molecule has 1 aliphatic heterocycles. The normalized spacial score (nSPS) is 13.7. The number of hydrogen-bond donors (Lipinski definition) is 0. The summed E-state index contributed by atoms with van der Waals surface area (Å²) in [5.74, 6) is -0.753. The van der Waals surface area contributed by atoms with E-state index < -0.39 is 23.8 Å². The molecule has 0 saturated heterocycles. The summed E-state index contributed by atoms with van der Waals surface area (Å²) >= 11 is 0. The summed E-state index contributed by atoms with van der Waals surface area (Å²) in [6.07, 6.45) is 0.154. The van der Waals surface area contributed by atoms with E-state index in [0.29, 0.717) is 11.5 Å². The van der Waals surface area contributed by atoms with E-state index in [0.717, 1.165) is 10.5 Å². The maximum absolute atomic E-state index is 13.1. The summed E-state index contributed by atoms with van der Waals surface area (Å²) in [4.78, 5) is 40.0. The van der Waals surface area contributed by atoms with Crippen LogP contribution in [0.25, 0.3) is 0 Å². The van der Waals surface area contributed by atoms with Gasteiger partial charge in [-0.25, -0.2) is 4.79 Å². The van der Waals surface area contributed by atoms with Gasteiger partial charge in [0.1, 0.15) is 17.5 Å². The number of nitrogens with zero attached hydrogens (tertiary/aromatic N) is 1. The van der Waals surface area contributed by atoms with Crippen LogP contribution in [0.1, 0.15) is 26.3 Å². The molecule has 0 aromatic heterocycles. The Hall–Kier alpha value is -3.93. The van der Waals surface area contributed by atoms with Crippen molar-refractivity contribution in [1.29, 1.82) is 0 Å². The van der Waals surface area contributed by atoms with Crippen LogP contribution in [-0.4, -0.2) is 35.8 Å². The first-order valence-corrected chi connectivity index (χ1v) is 9.45. The van der Waals surface area contributed by atoms with Crippen LogP contribution >= 0.6 is 0 Å². The van der Waals surface area contributed by atoms with Crippen molar-refractivity contribution in [1.82, 2.24) is 4.90 Å². The second-order valence-corrected chi connectivity index (χ2v) is 6.83. The standard InChI is InChI=1S/C24H19NO5/c1-29-17-11-13-18(14-12-17)30-24(28)21(15-16-7-3-2-4-8-16)25-22(26)19-9-5-6-10-20(19)23(25)27/h2-14,21H,15H2,1H3/t21-/m0/s1. The van der Waals surface area contributed by atoms with Crippen LogP contribution in [0.5, 0.6) is 11.5 Å². The van der Waals surface area contributed by atoms with Crippen LogP contribution in [0.2, 0.25) is 0 Å². The fraction of sp³-hybridized carbons (Fsp3) is 0.125. The zero-order valence-electron chi connectivity index (χ0n) is 16.3. The molecule has 0 spiro atoms. The van der Waals surface area contributed by atoms with Crippen molar-refractivity contribution in [3.8, 4) is 11.5 Å².